The minimum Gasteiger partial charge on any atom is -0.381 e. The first-order valence-corrected chi connectivity index (χ1v) is 10.2. The van der Waals surface area contributed by atoms with E-state index in [9.17, 15) is 4.79 Å². The summed E-state index contributed by atoms with van der Waals surface area (Å²) in [6.45, 7) is 7.06. The van der Waals surface area contributed by atoms with Crippen molar-refractivity contribution in [3.8, 4) is 0 Å². The van der Waals surface area contributed by atoms with Crippen LogP contribution in [0.4, 0.5) is 4.79 Å². The van der Waals surface area contributed by atoms with Gasteiger partial charge >= 0.3 is 6.03 Å². The Morgan fingerprint density at radius 1 is 1.27 bits per heavy atom. The van der Waals surface area contributed by atoms with Crippen LogP contribution >= 0.6 is 11.6 Å². The van der Waals surface area contributed by atoms with E-state index in [1.165, 1.54) is 18.4 Å². The van der Waals surface area contributed by atoms with Gasteiger partial charge in [-0.3, -0.25) is 4.90 Å². The Bertz CT molecular complexity index is 569. The van der Waals surface area contributed by atoms with E-state index in [0.717, 1.165) is 50.7 Å². The summed E-state index contributed by atoms with van der Waals surface area (Å²) in [7, 11) is 0. The first-order chi connectivity index (χ1) is 12.7. The zero-order valence-electron chi connectivity index (χ0n) is 15.6. The Labute approximate surface area is 161 Å². The molecule has 6 heteroatoms. The van der Waals surface area contributed by atoms with Crippen molar-refractivity contribution in [1.82, 2.24) is 15.1 Å². The molecule has 144 valence electrons. The molecule has 3 rings (SSSR count). The fourth-order valence-corrected chi connectivity index (χ4v) is 4.17. The molecule has 2 heterocycles. The van der Waals surface area contributed by atoms with Crippen LogP contribution in [-0.2, 0) is 4.74 Å². The zero-order valence-corrected chi connectivity index (χ0v) is 16.4. The highest BCUT2D eigenvalue weighted by Crippen LogP contribution is 2.26. The van der Waals surface area contributed by atoms with Gasteiger partial charge < -0.3 is 15.0 Å². The lowest BCUT2D eigenvalue weighted by atomic mass is 10.1. The van der Waals surface area contributed by atoms with Crippen molar-refractivity contribution < 1.29 is 9.53 Å². The van der Waals surface area contributed by atoms with Crippen molar-refractivity contribution in [3.05, 3.63) is 34.9 Å². The molecule has 2 aliphatic rings. The number of rotatable bonds is 6. The van der Waals surface area contributed by atoms with E-state index in [1.54, 1.807) is 0 Å². The lowest BCUT2D eigenvalue weighted by molar-refractivity contribution is 0.0470. The molecule has 2 amide bonds. The molecule has 2 fully saturated rings. The van der Waals surface area contributed by atoms with E-state index in [-0.39, 0.29) is 18.1 Å². The predicted octanol–water partition coefficient (Wildman–Crippen LogP) is 3.69. The molecule has 2 aliphatic heterocycles. The summed E-state index contributed by atoms with van der Waals surface area (Å²) < 4.78 is 5.43. The average molecular weight is 380 g/mol. The normalized spacial score (nSPS) is 20.1. The molecular formula is C20H30ClN3O2. The Hall–Kier alpha value is -1.30. The van der Waals surface area contributed by atoms with Gasteiger partial charge in [0, 0.05) is 37.4 Å². The molecule has 1 atom stereocenters. The largest absolute Gasteiger partial charge is 0.381 e. The molecule has 0 aliphatic carbocycles. The number of nitrogens with zero attached hydrogens (tertiary/aromatic N) is 2. The third-order valence-corrected chi connectivity index (χ3v) is 5.77. The van der Waals surface area contributed by atoms with Crippen LogP contribution in [0, 0.1) is 0 Å². The van der Waals surface area contributed by atoms with Gasteiger partial charge in [0.1, 0.15) is 0 Å². The zero-order chi connectivity index (χ0) is 18.4. The first-order valence-electron chi connectivity index (χ1n) is 9.80. The van der Waals surface area contributed by atoms with Crippen LogP contribution in [0.15, 0.2) is 24.3 Å². The number of halogens is 1. The van der Waals surface area contributed by atoms with Gasteiger partial charge in [-0.2, -0.15) is 0 Å². The SMILES string of the molecule is CCN(C(=O)NC[C@@H](c1ccc(Cl)cc1)N1CCCC1)C1CCOCC1. The molecule has 26 heavy (non-hydrogen) atoms. The topological polar surface area (TPSA) is 44.8 Å². The van der Waals surface area contributed by atoms with Crippen LogP contribution in [0.25, 0.3) is 0 Å². The highest BCUT2D eigenvalue weighted by molar-refractivity contribution is 6.30. The second-order valence-corrected chi connectivity index (χ2v) is 7.56. The van der Waals surface area contributed by atoms with Gasteiger partial charge in [0.2, 0.25) is 0 Å². The molecule has 1 aromatic rings. The van der Waals surface area contributed by atoms with Gasteiger partial charge in [-0.05, 0) is 63.4 Å². The van der Waals surface area contributed by atoms with E-state index < -0.39 is 0 Å². The van der Waals surface area contributed by atoms with Crippen LogP contribution in [0.5, 0.6) is 0 Å². The fourth-order valence-electron chi connectivity index (χ4n) is 4.05. The van der Waals surface area contributed by atoms with Crippen molar-refractivity contribution in [2.45, 2.75) is 44.7 Å². The van der Waals surface area contributed by atoms with Gasteiger partial charge in [0.25, 0.3) is 0 Å². The lowest BCUT2D eigenvalue weighted by Crippen LogP contribution is -2.49. The van der Waals surface area contributed by atoms with E-state index in [1.807, 2.05) is 24.0 Å². The molecule has 0 spiro atoms. The molecular weight excluding hydrogens is 350 g/mol. The molecule has 0 saturated carbocycles. The summed E-state index contributed by atoms with van der Waals surface area (Å²) >= 11 is 6.05. The van der Waals surface area contributed by atoms with Crippen LogP contribution in [0.1, 0.15) is 44.2 Å². The molecule has 2 saturated heterocycles. The van der Waals surface area contributed by atoms with E-state index >= 15 is 0 Å². The van der Waals surface area contributed by atoms with Crippen LogP contribution in [0.2, 0.25) is 5.02 Å². The van der Waals surface area contributed by atoms with Gasteiger partial charge in [-0.15, -0.1) is 0 Å². The number of amides is 2. The van der Waals surface area contributed by atoms with Crippen LogP contribution in [-0.4, -0.2) is 61.3 Å². The highest BCUT2D eigenvalue weighted by Gasteiger charge is 2.27. The quantitative estimate of drug-likeness (QED) is 0.819. The summed E-state index contributed by atoms with van der Waals surface area (Å²) in [4.78, 5) is 17.2. The molecule has 5 nitrogen and oxygen atoms in total. The number of urea groups is 1. The predicted molar refractivity (Wildman–Crippen MR) is 105 cm³/mol. The van der Waals surface area contributed by atoms with E-state index in [0.29, 0.717) is 6.54 Å². The average Bonchev–Trinajstić information content (AvgIpc) is 3.19. The number of carbonyl (C=O) groups excluding carboxylic acids is 1. The maximum Gasteiger partial charge on any atom is 0.317 e. The maximum absolute atomic E-state index is 12.8. The molecule has 1 aromatic carbocycles. The highest BCUT2D eigenvalue weighted by atomic mass is 35.5. The number of hydrogen-bond donors (Lipinski definition) is 1. The third kappa shape index (κ3) is 4.90. The second kappa shape index (κ2) is 9.58. The minimum absolute atomic E-state index is 0.0394. The monoisotopic (exact) mass is 379 g/mol. The van der Waals surface area contributed by atoms with Crippen LogP contribution in [0.3, 0.4) is 0 Å². The summed E-state index contributed by atoms with van der Waals surface area (Å²) in [5.74, 6) is 0. The van der Waals surface area contributed by atoms with Gasteiger partial charge in [0.15, 0.2) is 0 Å². The lowest BCUT2D eigenvalue weighted by Gasteiger charge is -2.35. The van der Waals surface area contributed by atoms with Gasteiger partial charge in [0.05, 0.1) is 6.04 Å². The Balaban J connectivity index is 1.64. The third-order valence-electron chi connectivity index (χ3n) is 5.52. The summed E-state index contributed by atoms with van der Waals surface area (Å²) in [5.41, 5.74) is 1.21. The van der Waals surface area contributed by atoms with Gasteiger partial charge in [-0.1, -0.05) is 23.7 Å². The number of carbonyl (C=O) groups is 1. The Kier molecular flexibility index (Phi) is 7.17. The van der Waals surface area contributed by atoms with E-state index in [4.69, 9.17) is 16.3 Å². The second-order valence-electron chi connectivity index (χ2n) is 7.13. The number of nitrogens with one attached hydrogen (secondary N) is 1. The van der Waals surface area contributed by atoms with Crippen molar-refractivity contribution >= 4 is 17.6 Å². The Morgan fingerprint density at radius 2 is 1.92 bits per heavy atom. The van der Waals surface area contributed by atoms with Crippen LogP contribution < -0.4 is 5.32 Å². The number of hydrogen-bond acceptors (Lipinski definition) is 3. The number of likely N-dealkylation sites (tertiary alicyclic amines) is 1. The van der Waals surface area contributed by atoms with Gasteiger partial charge in [-0.25, -0.2) is 4.79 Å². The molecule has 0 radical (unpaired) electrons. The Morgan fingerprint density at radius 3 is 2.54 bits per heavy atom. The number of benzene rings is 1. The molecule has 0 bridgehead atoms. The summed E-state index contributed by atoms with van der Waals surface area (Å²) in [6, 6.07) is 8.55. The maximum atomic E-state index is 12.8. The van der Waals surface area contributed by atoms with Crippen molar-refractivity contribution in [3.63, 3.8) is 0 Å². The molecule has 1 N–H and O–H groups in total. The molecule has 0 aromatic heterocycles. The van der Waals surface area contributed by atoms with E-state index in [2.05, 4.69) is 22.3 Å². The van der Waals surface area contributed by atoms with Crippen molar-refractivity contribution in [2.24, 2.45) is 0 Å². The molecule has 0 unspecified atom stereocenters. The standard InChI is InChI=1S/C20H30ClN3O2/c1-2-24(18-9-13-26-14-10-18)20(25)22-15-19(23-11-3-4-12-23)16-5-7-17(21)8-6-16/h5-8,18-19H,2-4,9-15H2,1H3,(H,22,25)/t19-/m0/s1. The first kappa shape index (κ1) is 19.5. The van der Waals surface area contributed by atoms with Crippen molar-refractivity contribution in [2.75, 3.05) is 39.4 Å². The smallest absolute Gasteiger partial charge is 0.317 e. The fraction of sp³-hybridized carbons (Fsp3) is 0.650. The summed E-state index contributed by atoms with van der Waals surface area (Å²) in [6.07, 6.45) is 4.30. The summed E-state index contributed by atoms with van der Waals surface area (Å²) in [5, 5.41) is 3.94. The van der Waals surface area contributed by atoms with Crippen molar-refractivity contribution in [1.29, 1.82) is 0 Å². The minimum atomic E-state index is 0.0394. The number of ether oxygens (including phenoxy) is 1.